The molecule has 0 N–H and O–H groups in total. The van der Waals surface area contributed by atoms with Crippen LogP contribution in [0.25, 0.3) is 0 Å². The zero-order valence-corrected chi connectivity index (χ0v) is 12.8. The molecule has 0 saturated carbocycles. The van der Waals surface area contributed by atoms with Crippen molar-refractivity contribution in [3.05, 3.63) is 27.7 Å². The second kappa shape index (κ2) is 5.87. The summed E-state index contributed by atoms with van der Waals surface area (Å²) >= 11 is 3.54. The molecule has 17 heavy (non-hydrogen) atoms. The van der Waals surface area contributed by atoms with E-state index in [-0.39, 0.29) is 5.60 Å². The fraction of sp³-hybridized carbons (Fsp3) is 0.571. The third kappa shape index (κ3) is 5.09. The highest BCUT2D eigenvalue weighted by Crippen LogP contribution is 2.26. The van der Waals surface area contributed by atoms with Crippen LogP contribution in [0, 0.1) is 13.8 Å². The van der Waals surface area contributed by atoms with Crippen molar-refractivity contribution in [2.75, 3.05) is 13.2 Å². The Balaban J connectivity index is 2.48. The Bertz CT molecular complexity index is 357. The number of hydrogen-bond donors (Lipinski definition) is 0. The molecule has 0 radical (unpaired) electrons. The van der Waals surface area contributed by atoms with Crippen molar-refractivity contribution < 1.29 is 9.47 Å². The first kappa shape index (κ1) is 14.5. The number of aryl methyl sites for hydroxylation is 2. The maximum absolute atomic E-state index is 5.67. The van der Waals surface area contributed by atoms with E-state index in [4.69, 9.17) is 9.47 Å². The van der Waals surface area contributed by atoms with Crippen molar-refractivity contribution in [2.45, 2.75) is 40.2 Å². The molecule has 1 aromatic rings. The molecular formula is C14H21BrO2. The van der Waals surface area contributed by atoms with Crippen molar-refractivity contribution in [1.82, 2.24) is 0 Å². The van der Waals surface area contributed by atoms with Crippen LogP contribution >= 0.6 is 15.9 Å². The smallest absolute Gasteiger partial charge is 0.120 e. The molecule has 0 fully saturated rings. The van der Waals surface area contributed by atoms with Crippen molar-refractivity contribution in [2.24, 2.45) is 0 Å². The van der Waals surface area contributed by atoms with Crippen LogP contribution in [0.4, 0.5) is 0 Å². The van der Waals surface area contributed by atoms with Gasteiger partial charge in [-0.25, -0.2) is 0 Å². The standard InChI is InChI=1S/C14H21BrO2/c1-10-8-12(9-11(2)13(10)15)16-6-7-17-14(3,4)5/h8-9H,6-7H2,1-5H3. The molecule has 2 nitrogen and oxygen atoms in total. The van der Waals surface area contributed by atoms with E-state index in [0.29, 0.717) is 13.2 Å². The van der Waals surface area contributed by atoms with Gasteiger partial charge in [0.1, 0.15) is 12.4 Å². The van der Waals surface area contributed by atoms with Crippen LogP contribution in [-0.2, 0) is 4.74 Å². The van der Waals surface area contributed by atoms with E-state index in [2.05, 4.69) is 29.8 Å². The molecule has 0 bridgehead atoms. The summed E-state index contributed by atoms with van der Waals surface area (Å²) in [6.45, 7) is 11.4. The van der Waals surface area contributed by atoms with Crippen LogP contribution in [0.15, 0.2) is 16.6 Å². The molecule has 0 saturated heterocycles. The molecule has 0 spiro atoms. The van der Waals surface area contributed by atoms with E-state index in [0.717, 1.165) is 10.2 Å². The molecule has 96 valence electrons. The van der Waals surface area contributed by atoms with Gasteiger partial charge in [0.05, 0.1) is 12.2 Å². The highest BCUT2D eigenvalue weighted by Gasteiger charge is 2.09. The summed E-state index contributed by atoms with van der Waals surface area (Å²) in [6, 6.07) is 4.07. The topological polar surface area (TPSA) is 18.5 Å². The largest absolute Gasteiger partial charge is 0.491 e. The van der Waals surface area contributed by atoms with E-state index in [1.165, 1.54) is 11.1 Å². The summed E-state index contributed by atoms with van der Waals surface area (Å²) in [6.07, 6.45) is 0. The predicted molar refractivity (Wildman–Crippen MR) is 74.8 cm³/mol. The third-order valence-electron chi connectivity index (χ3n) is 2.30. The van der Waals surface area contributed by atoms with Crippen molar-refractivity contribution >= 4 is 15.9 Å². The van der Waals surface area contributed by atoms with Gasteiger partial charge in [-0.3, -0.25) is 0 Å². The van der Waals surface area contributed by atoms with Gasteiger partial charge in [0.25, 0.3) is 0 Å². The lowest BCUT2D eigenvalue weighted by Crippen LogP contribution is -2.22. The van der Waals surface area contributed by atoms with Gasteiger partial charge in [0.15, 0.2) is 0 Å². The lowest BCUT2D eigenvalue weighted by Gasteiger charge is -2.19. The monoisotopic (exact) mass is 300 g/mol. The second-order valence-corrected chi connectivity index (χ2v) is 5.97. The van der Waals surface area contributed by atoms with E-state index in [1.807, 2.05) is 32.9 Å². The van der Waals surface area contributed by atoms with E-state index in [9.17, 15) is 0 Å². The van der Waals surface area contributed by atoms with Crippen molar-refractivity contribution in [3.63, 3.8) is 0 Å². The minimum absolute atomic E-state index is 0.102. The summed E-state index contributed by atoms with van der Waals surface area (Å²) in [4.78, 5) is 0. The van der Waals surface area contributed by atoms with Gasteiger partial charge in [-0.15, -0.1) is 0 Å². The molecular weight excluding hydrogens is 280 g/mol. The van der Waals surface area contributed by atoms with Gasteiger partial charge in [0, 0.05) is 4.47 Å². The maximum atomic E-state index is 5.67. The number of hydrogen-bond acceptors (Lipinski definition) is 2. The Hall–Kier alpha value is -0.540. The van der Waals surface area contributed by atoms with Crippen molar-refractivity contribution in [3.8, 4) is 5.75 Å². The van der Waals surface area contributed by atoms with Gasteiger partial charge < -0.3 is 9.47 Å². The van der Waals surface area contributed by atoms with E-state index >= 15 is 0 Å². The van der Waals surface area contributed by atoms with Crippen LogP contribution in [0.1, 0.15) is 31.9 Å². The Morgan fingerprint density at radius 2 is 1.59 bits per heavy atom. The third-order valence-corrected chi connectivity index (χ3v) is 3.55. The van der Waals surface area contributed by atoms with Gasteiger partial charge in [0.2, 0.25) is 0 Å². The molecule has 0 aliphatic heterocycles. The summed E-state index contributed by atoms with van der Waals surface area (Å²) in [5, 5.41) is 0. The quantitative estimate of drug-likeness (QED) is 0.774. The lowest BCUT2D eigenvalue weighted by atomic mass is 10.1. The van der Waals surface area contributed by atoms with Gasteiger partial charge in [-0.2, -0.15) is 0 Å². The number of benzene rings is 1. The molecule has 0 heterocycles. The average molecular weight is 301 g/mol. The first-order chi connectivity index (χ1) is 7.79. The number of rotatable bonds is 4. The first-order valence-electron chi connectivity index (χ1n) is 5.83. The van der Waals surface area contributed by atoms with Crippen LogP contribution < -0.4 is 4.74 Å². The van der Waals surface area contributed by atoms with Crippen LogP contribution in [0.3, 0.4) is 0 Å². The molecule has 0 aliphatic rings. The SMILES string of the molecule is Cc1cc(OCCOC(C)(C)C)cc(C)c1Br. The number of ether oxygens (including phenoxy) is 2. The Kier molecular flexibility index (Phi) is 5.02. The highest BCUT2D eigenvalue weighted by molar-refractivity contribution is 9.10. The number of halogens is 1. The molecule has 0 atom stereocenters. The van der Waals surface area contributed by atoms with Gasteiger partial charge in [-0.05, 0) is 57.9 Å². The summed E-state index contributed by atoms with van der Waals surface area (Å²) < 4.78 is 12.4. The fourth-order valence-electron chi connectivity index (χ4n) is 1.50. The first-order valence-corrected chi connectivity index (χ1v) is 6.62. The minimum Gasteiger partial charge on any atom is -0.491 e. The summed E-state index contributed by atoms with van der Waals surface area (Å²) in [5.74, 6) is 0.903. The molecule has 1 aromatic carbocycles. The van der Waals surface area contributed by atoms with Gasteiger partial charge in [-0.1, -0.05) is 15.9 Å². The normalized spacial score (nSPS) is 11.6. The molecule has 0 unspecified atom stereocenters. The highest BCUT2D eigenvalue weighted by atomic mass is 79.9. The molecule has 0 amide bonds. The van der Waals surface area contributed by atoms with E-state index in [1.54, 1.807) is 0 Å². The van der Waals surface area contributed by atoms with Crippen LogP contribution in [0.5, 0.6) is 5.75 Å². The molecule has 0 aliphatic carbocycles. The maximum Gasteiger partial charge on any atom is 0.120 e. The summed E-state index contributed by atoms with van der Waals surface area (Å²) in [5.41, 5.74) is 2.28. The van der Waals surface area contributed by atoms with Gasteiger partial charge >= 0.3 is 0 Å². The average Bonchev–Trinajstić information content (AvgIpc) is 2.19. The van der Waals surface area contributed by atoms with Crippen LogP contribution in [0.2, 0.25) is 0 Å². The zero-order valence-electron chi connectivity index (χ0n) is 11.3. The zero-order chi connectivity index (χ0) is 13.1. The summed E-state index contributed by atoms with van der Waals surface area (Å²) in [7, 11) is 0. The Morgan fingerprint density at radius 1 is 1.06 bits per heavy atom. The van der Waals surface area contributed by atoms with Crippen molar-refractivity contribution in [1.29, 1.82) is 0 Å². The minimum atomic E-state index is -0.102. The molecule has 3 heteroatoms. The Labute approximate surface area is 112 Å². The molecule has 0 aromatic heterocycles. The fourth-order valence-corrected chi connectivity index (χ4v) is 1.73. The molecule has 1 rings (SSSR count). The van der Waals surface area contributed by atoms with Crippen LogP contribution in [-0.4, -0.2) is 18.8 Å². The van der Waals surface area contributed by atoms with E-state index < -0.39 is 0 Å². The second-order valence-electron chi connectivity index (χ2n) is 5.18. The lowest BCUT2D eigenvalue weighted by molar-refractivity contribution is -0.0163. The Morgan fingerprint density at radius 3 is 2.06 bits per heavy atom. The predicted octanol–water partition coefficient (Wildman–Crippen LogP) is 4.26.